The fourth-order valence-electron chi connectivity index (χ4n) is 2.47. The van der Waals surface area contributed by atoms with Crippen LogP contribution in [0.2, 0.25) is 0 Å². The zero-order valence-electron chi connectivity index (χ0n) is 14.4. The van der Waals surface area contributed by atoms with Crippen LogP contribution in [0, 0.1) is 0 Å². The van der Waals surface area contributed by atoms with E-state index in [1.165, 1.54) is 6.08 Å². The lowest BCUT2D eigenvalue weighted by molar-refractivity contribution is -0.141. The normalized spacial score (nSPS) is 13.1. The molecule has 0 spiro atoms. The van der Waals surface area contributed by atoms with Crippen molar-refractivity contribution in [3.05, 3.63) is 58.3 Å². The molecule has 0 radical (unpaired) electrons. The molecule has 144 valence electrons. The second-order valence-electron chi connectivity index (χ2n) is 5.64. The van der Waals surface area contributed by atoms with Gasteiger partial charge in [0.25, 0.3) is 5.91 Å². The summed E-state index contributed by atoms with van der Waals surface area (Å²) >= 11 is 1.05. The van der Waals surface area contributed by atoms with E-state index in [9.17, 15) is 19.2 Å². The summed E-state index contributed by atoms with van der Waals surface area (Å²) in [5, 5.41) is 17.5. The lowest BCUT2D eigenvalue weighted by Gasteiger charge is -2.12. The number of thioether (sulfide) groups is 1. The standard InChI is InChI=1S/C18H15N3O6S/c22-11-8-12(28-7-6-27-9-13(23)24)17(25)14-15(11)20-21-16(14)18(26)19-10-4-2-1-3-5-10/h1-5,8H,6-7,9H2,(H,19,26)(H,20,21)(H,23,24). The third-order valence-electron chi connectivity index (χ3n) is 3.68. The molecule has 2 aromatic rings. The highest BCUT2D eigenvalue weighted by atomic mass is 32.2. The summed E-state index contributed by atoms with van der Waals surface area (Å²) in [5.41, 5.74) is 0.259. The molecule has 0 bridgehead atoms. The maximum atomic E-state index is 12.8. The summed E-state index contributed by atoms with van der Waals surface area (Å²) in [6, 6.07) is 8.65. The number of ketones is 2. The first-order valence-electron chi connectivity index (χ1n) is 8.15. The van der Waals surface area contributed by atoms with Crippen LogP contribution in [0.15, 0.2) is 41.3 Å². The fraction of sp³-hybridized carbons (Fsp3) is 0.167. The number of fused-ring (bicyclic) bond motifs is 1. The van der Waals surface area contributed by atoms with Crippen LogP contribution in [0.3, 0.4) is 0 Å². The van der Waals surface area contributed by atoms with Gasteiger partial charge in [-0.05, 0) is 12.1 Å². The van der Waals surface area contributed by atoms with Gasteiger partial charge in [-0.25, -0.2) is 4.79 Å². The van der Waals surface area contributed by atoms with Gasteiger partial charge in [-0.3, -0.25) is 19.5 Å². The molecule has 0 unspecified atom stereocenters. The highest BCUT2D eigenvalue weighted by Gasteiger charge is 2.33. The largest absolute Gasteiger partial charge is 0.480 e. The number of hydrogen-bond donors (Lipinski definition) is 3. The molecule has 1 amide bonds. The van der Waals surface area contributed by atoms with Crippen molar-refractivity contribution in [3.8, 4) is 0 Å². The first-order chi connectivity index (χ1) is 13.5. The number of anilines is 1. The molecule has 10 heteroatoms. The molecule has 0 fully saturated rings. The van der Waals surface area contributed by atoms with Crippen molar-refractivity contribution in [2.45, 2.75) is 0 Å². The minimum Gasteiger partial charge on any atom is -0.480 e. The summed E-state index contributed by atoms with van der Waals surface area (Å²) in [7, 11) is 0. The number of carboxylic acid groups (broad SMARTS) is 1. The fourth-order valence-corrected chi connectivity index (χ4v) is 3.32. The minimum atomic E-state index is -1.09. The molecule has 0 saturated carbocycles. The maximum Gasteiger partial charge on any atom is 0.329 e. The molecule has 9 nitrogen and oxygen atoms in total. The number of rotatable bonds is 8. The molecule has 1 aromatic carbocycles. The van der Waals surface area contributed by atoms with Crippen molar-refractivity contribution in [3.63, 3.8) is 0 Å². The average molecular weight is 401 g/mol. The molecule has 0 aliphatic heterocycles. The molecule has 3 N–H and O–H groups in total. The Morgan fingerprint density at radius 2 is 1.96 bits per heavy atom. The van der Waals surface area contributed by atoms with Crippen LogP contribution >= 0.6 is 11.8 Å². The third-order valence-corrected chi connectivity index (χ3v) is 4.67. The SMILES string of the molecule is O=C(O)COCCSC1=CC(=O)c2[nH]nc(C(=O)Nc3ccccc3)c2C1=O. The predicted molar refractivity (Wildman–Crippen MR) is 101 cm³/mol. The van der Waals surface area contributed by atoms with E-state index in [-0.39, 0.29) is 34.2 Å². The van der Waals surface area contributed by atoms with Crippen LogP contribution in [0.1, 0.15) is 31.3 Å². The van der Waals surface area contributed by atoms with Crippen LogP contribution in [0.5, 0.6) is 0 Å². The van der Waals surface area contributed by atoms with Gasteiger partial charge in [0.15, 0.2) is 5.69 Å². The highest BCUT2D eigenvalue weighted by molar-refractivity contribution is 8.04. The van der Waals surface area contributed by atoms with E-state index in [1.807, 2.05) is 0 Å². The van der Waals surface area contributed by atoms with Gasteiger partial charge in [0.05, 0.1) is 17.1 Å². The maximum absolute atomic E-state index is 12.8. The topological polar surface area (TPSA) is 138 Å². The Morgan fingerprint density at radius 1 is 1.21 bits per heavy atom. The van der Waals surface area contributed by atoms with Crippen LogP contribution in [-0.2, 0) is 9.53 Å². The van der Waals surface area contributed by atoms with E-state index in [4.69, 9.17) is 9.84 Å². The van der Waals surface area contributed by atoms with E-state index in [2.05, 4.69) is 15.5 Å². The molecular formula is C18H15N3O6S. The summed E-state index contributed by atoms with van der Waals surface area (Å²) in [6.07, 6.45) is 1.17. The average Bonchev–Trinajstić information content (AvgIpc) is 3.12. The van der Waals surface area contributed by atoms with Crippen molar-refractivity contribution < 1.29 is 29.0 Å². The Morgan fingerprint density at radius 3 is 2.68 bits per heavy atom. The zero-order valence-corrected chi connectivity index (χ0v) is 15.2. The third kappa shape index (κ3) is 4.35. The number of Topliss-reactive ketones (excluding diaryl/α,β-unsaturated/α-hetero) is 1. The number of carboxylic acids is 1. The van der Waals surface area contributed by atoms with Gasteiger partial charge in [-0.1, -0.05) is 18.2 Å². The van der Waals surface area contributed by atoms with Crippen molar-refractivity contribution in [2.75, 3.05) is 24.3 Å². The Labute approximate surface area is 163 Å². The smallest absolute Gasteiger partial charge is 0.329 e. The molecular weight excluding hydrogens is 386 g/mol. The van der Waals surface area contributed by atoms with Crippen molar-refractivity contribution in [2.24, 2.45) is 0 Å². The van der Waals surface area contributed by atoms with E-state index in [0.717, 1.165) is 11.8 Å². The van der Waals surface area contributed by atoms with Gasteiger partial charge in [0, 0.05) is 17.5 Å². The number of aromatic nitrogens is 2. The number of nitrogens with one attached hydrogen (secondary N) is 2. The number of amides is 1. The second kappa shape index (κ2) is 8.63. The lowest BCUT2D eigenvalue weighted by atomic mass is 9.99. The molecule has 1 aromatic heterocycles. The van der Waals surface area contributed by atoms with Gasteiger partial charge in [0.2, 0.25) is 11.6 Å². The first kappa shape index (κ1) is 19.5. The summed E-state index contributed by atoms with van der Waals surface area (Å²) < 4.78 is 4.90. The number of ether oxygens (including phenoxy) is 1. The summed E-state index contributed by atoms with van der Waals surface area (Å²) in [4.78, 5) is 48.1. The Hall–Kier alpha value is -3.24. The van der Waals surface area contributed by atoms with Crippen LogP contribution < -0.4 is 5.32 Å². The molecule has 0 atom stereocenters. The quantitative estimate of drug-likeness (QED) is 0.569. The Kier molecular flexibility index (Phi) is 6.02. The van der Waals surface area contributed by atoms with Crippen LogP contribution in [0.25, 0.3) is 0 Å². The number of H-pyrrole nitrogens is 1. The molecule has 1 heterocycles. The van der Waals surface area contributed by atoms with Gasteiger partial charge in [-0.2, -0.15) is 5.10 Å². The number of hydrogen-bond acceptors (Lipinski definition) is 7. The van der Waals surface area contributed by atoms with Gasteiger partial charge in [0.1, 0.15) is 12.3 Å². The number of aliphatic carboxylic acids is 1. The van der Waals surface area contributed by atoms with Crippen LogP contribution in [-0.4, -0.2) is 57.7 Å². The summed E-state index contributed by atoms with van der Waals surface area (Å²) in [6.45, 7) is -0.350. The Balaban J connectivity index is 1.72. The van der Waals surface area contributed by atoms with Gasteiger partial charge >= 0.3 is 5.97 Å². The number of nitrogens with zero attached hydrogens (tertiary/aromatic N) is 1. The number of aromatic amines is 1. The first-order valence-corrected chi connectivity index (χ1v) is 9.13. The number of benzene rings is 1. The van der Waals surface area contributed by atoms with Crippen molar-refractivity contribution >= 4 is 40.9 Å². The van der Waals surface area contributed by atoms with Crippen molar-refractivity contribution in [1.29, 1.82) is 0 Å². The zero-order chi connectivity index (χ0) is 20.1. The predicted octanol–water partition coefficient (Wildman–Crippen LogP) is 1.76. The van der Waals surface area contributed by atoms with E-state index in [0.29, 0.717) is 5.69 Å². The minimum absolute atomic E-state index is 0.0327. The number of carbonyl (C=O) groups is 4. The van der Waals surface area contributed by atoms with Crippen LogP contribution in [0.4, 0.5) is 5.69 Å². The monoisotopic (exact) mass is 401 g/mol. The van der Waals surface area contributed by atoms with Gasteiger partial charge in [-0.15, -0.1) is 11.8 Å². The Bertz CT molecular complexity index is 967. The van der Waals surface area contributed by atoms with Gasteiger partial charge < -0.3 is 15.2 Å². The van der Waals surface area contributed by atoms with E-state index in [1.54, 1.807) is 30.3 Å². The molecule has 3 rings (SSSR count). The molecule has 1 aliphatic rings. The molecule has 28 heavy (non-hydrogen) atoms. The van der Waals surface area contributed by atoms with Crippen molar-refractivity contribution in [1.82, 2.24) is 10.2 Å². The lowest BCUT2D eigenvalue weighted by Crippen LogP contribution is -2.21. The molecule has 1 aliphatic carbocycles. The number of carbonyl (C=O) groups excluding carboxylic acids is 3. The highest BCUT2D eigenvalue weighted by Crippen LogP contribution is 2.29. The second-order valence-corrected chi connectivity index (χ2v) is 6.78. The number of para-hydroxylation sites is 1. The van der Waals surface area contributed by atoms with E-state index >= 15 is 0 Å². The number of allylic oxidation sites excluding steroid dienone is 2. The summed E-state index contributed by atoms with van der Waals surface area (Å²) in [5.74, 6) is -2.39. The van der Waals surface area contributed by atoms with E-state index < -0.39 is 30.0 Å². The molecule has 0 saturated heterocycles.